The van der Waals surface area contributed by atoms with E-state index in [1.165, 1.54) is 65.3 Å². The number of fused-ring (bicyclic) bond motifs is 9. The topological polar surface area (TPSA) is 38.9 Å². The zero-order valence-corrected chi connectivity index (χ0v) is 32.9. The molecule has 13 rings (SSSR count). The van der Waals surface area contributed by atoms with Crippen molar-refractivity contribution in [2.45, 2.75) is 0 Å². The lowest BCUT2D eigenvalue weighted by atomic mass is 9.85. The van der Waals surface area contributed by atoms with Crippen molar-refractivity contribution < 1.29 is 4.42 Å². The maximum Gasteiger partial charge on any atom is 0.143 e. The third-order valence-electron chi connectivity index (χ3n) is 12.7. The molecule has 0 aliphatic rings. The van der Waals surface area contributed by atoms with E-state index in [1.54, 1.807) is 0 Å². The molecule has 0 aliphatic carbocycles. The second-order valence-electron chi connectivity index (χ2n) is 16.0. The van der Waals surface area contributed by atoms with Crippen molar-refractivity contribution in [3.63, 3.8) is 0 Å². The monoisotopic (exact) mass is 774 g/mol. The van der Waals surface area contributed by atoms with Gasteiger partial charge in [0, 0.05) is 45.1 Å². The molecule has 0 bridgehead atoms. The Morgan fingerprint density at radius 1 is 0.295 bits per heavy atom. The smallest absolute Gasteiger partial charge is 0.143 e. The van der Waals surface area contributed by atoms with E-state index in [9.17, 15) is 0 Å². The summed E-state index contributed by atoms with van der Waals surface area (Å²) in [6.07, 6.45) is 3.74. The molecule has 282 valence electrons. The molecule has 61 heavy (non-hydrogen) atoms. The van der Waals surface area contributed by atoms with Crippen molar-refractivity contribution in [2.24, 2.45) is 0 Å². The highest BCUT2D eigenvalue weighted by Crippen LogP contribution is 2.48. The predicted molar refractivity (Wildman–Crippen MR) is 256 cm³/mol. The highest BCUT2D eigenvalue weighted by Gasteiger charge is 2.22. The van der Waals surface area contributed by atoms with Gasteiger partial charge in [-0.15, -0.1) is 0 Å². The van der Waals surface area contributed by atoms with E-state index in [1.807, 2.05) is 24.5 Å². The average molecular weight is 775 g/mol. The number of aromatic nitrogens is 2. The summed E-state index contributed by atoms with van der Waals surface area (Å²) < 4.78 is 6.96. The molecule has 0 N–H and O–H groups in total. The lowest BCUT2D eigenvalue weighted by Crippen LogP contribution is -1.91. The second kappa shape index (κ2) is 13.2. The van der Waals surface area contributed by atoms with E-state index >= 15 is 0 Å². The van der Waals surface area contributed by atoms with Gasteiger partial charge in [0.2, 0.25) is 0 Å². The van der Waals surface area contributed by atoms with Crippen LogP contribution in [0.1, 0.15) is 0 Å². The number of furan rings is 1. The third-order valence-corrected chi connectivity index (χ3v) is 12.7. The van der Waals surface area contributed by atoms with E-state index < -0.39 is 0 Å². The minimum absolute atomic E-state index is 0.869. The highest BCUT2D eigenvalue weighted by molar-refractivity contribution is 6.26. The van der Waals surface area contributed by atoms with Gasteiger partial charge in [-0.05, 0) is 113 Å². The lowest BCUT2D eigenvalue weighted by Gasteiger charge is -2.18. The molecule has 3 heteroatoms. The van der Waals surface area contributed by atoms with Crippen LogP contribution in [0.2, 0.25) is 0 Å². The van der Waals surface area contributed by atoms with Gasteiger partial charge in [-0.25, -0.2) is 0 Å². The molecule has 0 saturated carbocycles. The fourth-order valence-electron chi connectivity index (χ4n) is 10.1. The largest absolute Gasteiger partial charge is 0.455 e. The van der Waals surface area contributed by atoms with Crippen LogP contribution in [0, 0.1) is 0 Å². The van der Waals surface area contributed by atoms with Gasteiger partial charge in [-0.1, -0.05) is 158 Å². The molecule has 0 spiro atoms. The Bertz CT molecular complexity index is 3840. The van der Waals surface area contributed by atoms with Gasteiger partial charge in [0.25, 0.3) is 0 Å². The fraction of sp³-hybridized carbons (Fsp3) is 0. The number of para-hydroxylation sites is 1. The van der Waals surface area contributed by atoms with Gasteiger partial charge in [0.1, 0.15) is 11.2 Å². The Kier molecular flexibility index (Phi) is 7.31. The number of nitrogens with zero attached hydrogens (tertiary/aromatic N) is 2. The molecule has 3 nitrogen and oxygen atoms in total. The molecule has 0 fully saturated rings. The van der Waals surface area contributed by atoms with Gasteiger partial charge >= 0.3 is 0 Å². The summed E-state index contributed by atoms with van der Waals surface area (Å²) in [5.74, 6) is 0. The number of hydrogen-bond donors (Lipinski definition) is 0. The van der Waals surface area contributed by atoms with Crippen LogP contribution >= 0.6 is 0 Å². The van der Waals surface area contributed by atoms with E-state index in [2.05, 4.69) is 182 Å². The molecule has 0 aliphatic heterocycles. The predicted octanol–water partition coefficient (Wildman–Crippen LogP) is 16.0. The number of hydrogen-bond acceptors (Lipinski definition) is 3. The summed E-state index contributed by atoms with van der Waals surface area (Å²) >= 11 is 0. The first-order valence-corrected chi connectivity index (χ1v) is 20.8. The highest BCUT2D eigenvalue weighted by atomic mass is 16.3. The molecule has 3 aromatic heterocycles. The maximum atomic E-state index is 6.96. The first-order valence-electron chi connectivity index (χ1n) is 20.8. The van der Waals surface area contributed by atoms with Crippen LogP contribution in [0.3, 0.4) is 0 Å². The molecule has 13 aromatic rings. The molecule has 10 aromatic carbocycles. The minimum atomic E-state index is 0.869. The molecule has 0 unspecified atom stereocenters. The van der Waals surface area contributed by atoms with Crippen molar-refractivity contribution in [3.05, 3.63) is 207 Å². The Hall–Kier alpha value is -8.14. The van der Waals surface area contributed by atoms with Crippen LogP contribution in [-0.4, -0.2) is 9.97 Å². The number of rotatable bonds is 4. The van der Waals surface area contributed by atoms with Crippen LogP contribution in [0.4, 0.5) is 0 Å². The Labute approximate surface area is 350 Å². The minimum Gasteiger partial charge on any atom is -0.455 e. The maximum absolute atomic E-state index is 6.96. The molecular formula is C58H34N2O. The Morgan fingerprint density at radius 2 is 0.705 bits per heavy atom. The summed E-state index contributed by atoms with van der Waals surface area (Å²) in [6, 6.07) is 70.1. The third kappa shape index (κ3) is 5.11. The lowest BCUT2D eigenvalue weighted by molar-refractivity contribution is 0.670. The van der Waals surface area contributed by atoms with Crippen LogP contribution in [-0.2, 0) is 0 Å². The SMILES string of the molecule is c1cnc2cc(-c3c4ccccc4c(-c4ccc5oc6c(-c7c8ccccc8c(-c8ccc9cccnc9c8)c8ccccc78)cccc6c5c4)c4ccccc34)ccc2c1. The van der Waals surface area contributed by atoms with E-state index in [-0.39, 0.29) is 0 Å². The van der Waals surface area contributed by atoms with Gasteiger partial charge in [0.15, 0.2) is 0 Å². The van der Waals surface area contributed by atoms with E-state index in [0.29, 0.717) is 0 Å². The summed E-state index contributed by atoms with van der Waals surface area (Å²) in [5, 5.41) is 14.1. The summed E-state index contributed by atoms with van der Waals surface area (Å²) in [7, 11) is 0. The van der Waals surface area contributed by atoms with E-state index in [4.69, 9.17) is 14.4 Å². The van der Waals surface area contributed by atoms with Gasteiger partial charge in [0.05, 0.1) is 11.0 Å². The molecule has 0 amide bonds. The van der Waals surface area contributed by atoms with Crippen LogP contribution in [0.5, 0.6) is 0 Å². The normalized spacial score (nSPS) is 11.9. The van der Waals surface area contributed by atoms with Crippen LogP contribution < -0.4 is 0 Å². The van der Waals surface area contributed by atoms with Crippen molar-refractivity contribution in [3.8, 4) is 44.5 Å². The van der Waals surface area contributed by atoms with Crippen molar-refractivity contribution >= 4 is 86.8 Å². The first-order chi connectivity index (χ1) is 30.3. The average Bonchev–Trinajstić information content (AvgIpc) is 3.70. The number of benzene rings is 10. The summed E-state index contributed by atoms with van der Waals surface area (Å²) in [6.45, 7) is 0. The molecule has 0 radical (unpaired) electrons. The quantitative estimate of drug-likeness (QED) is 0.167. The first kappa shape index (κ1) is 33.8. The van der Waals surface area contributed by atoms with Gasteiger partial charge < -0.3 is 4.42 Å². The van der Waals surface area contributed by atoms with Gasteiger partial charge in [-0.3, -0.25) is 9.97 Å². The number of pyridine rings is 2. The van der Waals surface area contributed by atoms with E-state index in [0.717, 1.165) is 66.0 Å². The zero-order valence-electron chi connectivity index (χ0n) is 32.9. The fourth-order valence-corrected chi connectivity index (χ4v) is 10.1. The second-order valence-corrected chi connectivity index (χ2v) is 16.0. The van der Waals surface area contributed by atoms with Crippen molar-refractivity contribution in [1.29, 1.82) is 0 Å². The standard InChI is InChI=1S/C58H34N2O/c1-3-16-42-40(14-1)54(41-15-2-4-17-43(41)55(42)38-26-24-35-12-10-30-59-51(35)33-38)37-28-29-53-50(32-37)48-22-9-23-49(58(48)61-53)57-46-20-7-5-18-44(46)56(45-19-6-8-21-47(45)57)39-27-25-36-13-11-31-60-52(36)34-39/h1-34H. The molecular weight excluding hydrogens is 741 g/mol. The van der Waals surface area contributed by atoms with Crippen LogP contribution in [0.15, 0.2) is 211 Å². The van der Waals surface area contributed by atoms with Crippen molar-refractivity contribution in [2.75, 3.05) is 0 Å². The van der Waals surface area contributed by atoms with Crippen LogP contribution in [0.25, 0.3) is 131 Å². The Balaban J connectivity index is 1.04. The molecule has 0 saturated heterocycles. The molecule has 3 heterocycles. The zero-order chi connectivity index (χ0) is 40.0. The Morgan fingerprint density at radius 3 is 1.18 bits per heavy atom. The summed E-state index contributed by atoms with van der Waals surface area (Å²) in [5.41, 5.74) is 13.1. The van der Waals surface area contributed by atoms with Crippen molar-refractivity contribution in [1.82, 2.24) is 9.97 Å². The summed E-state index contributed by atoms with van der Waals surface area (Å²) in [4.78, 5) is 9.42. The van der Waals surface area contributed by atoms with Gasteiger partial charge in [-0.2, -0.15) is 0 Å². The molecule has 0 atom stereocenters.